The Morgan fingerprint density at radius 3 is 2.33 bits per heavy atom. The molecule has 0 fully saturated rings. The first-order valence-corrected chi connectivity index (χ1v) is 8.16. The Bertz CT molecular complexity index is 703. The molecule has 0 bridgehead atoms. The summed E-state index contributed by atoms with van der Waals surface area (Å²) in [6.07, 6.45) is 7.26. The van der Waals surface area contributed by atoms with Gasteiger partial charge in [0.1, 0.15) is 0 Å². The van der Waals surface area contributed by atoms with Gasteiger partial charge in [-0.2, -0.15) is 0 Å². The summed E-state index contributed by atoms with van der Waals surface area (Å²) in [7, 11) is 0. The molecule has 0 aliphatic carbocycles. The van der Waals surface area contributed by atoms with E-state index < -0.39 is 0 Å². The van der Waals surface area contributed by atoms with Gasteiger partial charge in [-0.3, -0.25) is 0 Å². The van der Waals surface area contributed by atoms with E-state index in [1.54, 1.807) is 13.0 Å². The van der Waals surface area contributed by atoms with Gasteiger partial charge in [-0.05, 0) is 48.4 Å². The molecule has 0 unspecified atom stereocenters. The van der Waals surface area contributed by atoms with Gasteiger partial charge >= 0.3 is 5.97 Å². The van der Waals surface area contributed by atoms with Crippen molar-refractivity contribution in [2.75, 3.05) is 18.5 Å². The maximum atomic E-state index is 11.3. The van der Waals surface area contributed by atoms with Gasteiger partial charge in [0.25, 0.3) is 0 Å². The van der Waals surface area contributed by atoms with E-state index >= 15 is 0 Å². The van der Waals surface area contributed by atoms with E-state index in [-0.39, 0.29) is 5.97 Å². The Labute approximate surface area is 147 Å². The molecule has 0 spiro atoms. The smallest absolute Gasteiger partial charge is 0.330 e. The van der Waals surface area contributed by atoms with Crippen molar-refractivity contribution in [2.45, 2.75) is 6.92 Å². The van der Waals surface area contributed by atoms with Gasteiger partial charge in [-0.1, -0.05) is 48.0 Å². The SMILES string of the molecule is CCOC(=O)C=Cc1ccc(NCC=Cc2ccc(Cl)cc2)cc1. The van der Waals surface area contributed by atoms with E-state index in [1.165, 1.54) is 6.08 Å². The molecular formula is C20H20ClNO2. The highest BCUT2D eigenvalue weighted by molar-refractivity contribution is 6.30. The molecule has 0 amide bonds. The minimum absolute atomic E-state index is 0.327. The minimum Gasteiger partial charge on any atom is -0.463 e. The fourth-order valence-corrected chi connectivity index (χ4v) is 2.14. The van der Waals surface area contributed by atoms with Crippen molar-refractivity contribution < 1.29 is 9.53 Å². The number of hydrogen-bond donors (Lipinski definition) is 1. The van der Waals surface area contributed by atoms with Gasteiger partial charge in [-0.25, -0.2) is 4.79 Å². The van der Waals surface area contributed by atoms with Crippen molar-refractivity contribution in [2.24, 2.45) is 0 Å². The Morgan fingerprint density at radius 2 is 1.67 bits per heavy atom. The van der Waals surface area contributed by atoms with E-state index in [2.05, 4.69) is 11.4 Å². The molecule has 124 valence electrons. The number of ether oxygens (including phenoxy) is 1. The molecule has 2 aromatic carbocycles. The third kappa shape index (κ3) is 6.31. The van der Waals surface area contributed by atoms with Gasteiger partial charge in [0.2, 0.25) is 0 Å². The second-order valence-electron chi connectivity index (χ2n) is 5.04. The third-order valence-electron chi connectivity index (χ3n) is 3.21. The summed E-state index contributed by atoms with van der Waals surface area (Å²) in [6, 6.07) is 15.5. The van der Waals surface area contributed by atoms with Gasteiger partial charge < -0.3 is 10.1 Å². The Hall–Kier alpha value is -2.52. The van der Waals surface area contributed by atoms with Crippen LogP contribution in [0.25, 0.3) is 12.2 Å². The van der Waals surface area contributed by atoms with Gasteiger partial charge in [-0.15, -0.1) is 0 Å². The van der Waals surface area contributed by atoms with Crippen LogP contribution in [0.5, 0.6) is 0 Å². The fourth-order valence-electron chi connectivity index (χ4n) is 2.01. The van der Waals surface area contributed by atoms with Crippen LogP contribution < -0.4 is 5.32 Å². The molecule has 2 aromatic rings. The zero-order valence-electron chi connectivity index (χ0n) is 13.5. The van der Waals surface area contributed by atoms with E-state index in [0.717, 1.165) is 28.4 Å². The van der Waals surface area contributed by atoms with Crippen molar-refractivity contribution in [1.82, 2.24) is 0 Å². The summed E-state index contributed by atoms with van der Waals surface area (Å²) < 4.78 is 4.84. The molecule has 0 radical (unpaired) electrons. The molecule has 0 atom stereocenters. The number of carbonyl (C=O) groups excluding carboxylic acids is 1. The van der Waals surface area contributed by atoms with Gasteiger partial charge in [0, 0.05) is 23.3 Å². The lowest BCUT2D eigenvalue weighted by Crippen LogP contribution is -1.99. The van der Waals surface area contributed by atoms with E-state index in [0.29, 0.717) is 6.61 Å². The molecule has 0 aliphatic rings. The fraction of sp³-hybridized carbons (Fsp3) is 0.150. The van der Waals surface area contributed by atoms with Crippen molar-refractivity contribution >= 4 is 35.4 Å². The maximum Gasteiger partial charge on any atom is 0.330 e. The number of halogens is 1. The Balaban J connectivity index is 1.81. The number of rotatable bonds is 7. The van der Waals surface area contributed by atoms with Crippen LogP contribution in [0.1, 0.15) is 18.1 Å². The van der Waals surface area contributed by atoms with Crippen molar-refractivity contribution in [3.05, 3.63) is 76.8 Å². The highest BCUT2D eigenvalue weighted by Gasteiger charge is 1.95. The number of benzene rings is 2. The normalized spacial score (nSPS) is 11.1. The number of esters is 1. The quantitative estimate of drug-likeness (QED) is 0.566. The molecule has 3 nitrogen and oxygen atoms in total. The highest BCUT2D eigenvalue weighted by Crippen LogP contribution is 2.12. The third-order valence-corrected chi connectivity index (χ3v) is 3.47. The average molecular weight is 342 g/mol. The molecule has 0 aliphatic heterocycles. The van der Waals surface area contributed by atoms with Gasteiger partial charge in [0.05, 0.1) is 6.61 Å². The van der Waals surface area contributed by atoms with E-state index in [1.807, 2.05) is 54.6 Å². The molecule has 0 saturated heterocycles. The van der Waals surface area contributed by atoms with Crippen LogP contribution in [-0.4, -0.2) is 19.1 Å². The van der Waals surface area contributed by atoms with Crippen molar-refractivity contribution in [3.63, 3.8) is 0 Å². The summed E-state index contributed by atoms with van der Waals surface area (Å²) in [6.45, 7) is 2.89. The predicted octanol–water partition coefficient (Wildman–Crippen LogP) is 5.04. The van der Waals surface area contributed by atoms with E-state index in [9.17, 15) is 4.79 Å². The molecule has 4 heteroatoms. The highest BCUT2D eigenvalue weighted by atomic mass is 35.5. The summed E-state index contributed by atoms with van der Waals surface area (Å²) in [5, 5.41) is 4.05. The van der Waals surface area contributed by atoms with Crippen LogP contribution in [0.15, 0.2) is 60.7 Å². The molecule has 2 rings (SSSR count). The standard InChI is InChI=1S/C20H20ClNO2/c1-2-24-20(23)14-9-17-7-12-19(13-8-17)22-15-3-4-16-5-10-18(21)11-6-16/h3-14,22H,2,15H2,1H3. The number of hydrogen-bond acceptors (Lipinski definition) is 3. The molecule has 0 heterocycles. The lowest BCUT2D eigenvalue weighted by molar-refractivity contribution is -0.137. The first-order valence-electron chi connectivity index (χ1n) is 7.78. The average Bonchev–Trinajstić information content (AvgIpc) is 2.60. The van der Waals surface area contributed by atoms with Crippen LogP contribution in [0.4, 0.5) is 5.69 Å². The van der Waals surface area contributed by atoms with Crippen LogP contribution in [0.3, 0.4) is 0 Å². The van der Waals surface area contributed by atoms with Crippen LogP contribution >= 0.6 is 11.6 Å². The summed E-state index contributed by atoms with van der Waals surface area (Å²) in [5.41, 5.74) is 3.08. The largest absolute Gasteiger partial charge is 0.463 e. The maximum absolute atomic E-state index is 11.3. The monoisotopic (exact) mass is 341 g/mol. The lowest BCUT2D eigenvalue weighted by Gasteiger charge is -2.03. The Kier molecular flexibility index (Phi) is 7.12. The number of nitrogens with one attached hydrogen (secondary N) is 1. The van der Waals surface area contributed by atoms with Crippen molar-refractivity contribution in [3.8, 4) is 0 Å². The molecule has 0 saturated carbocycles. The topological polar surface area (TPSA) is 38.3 Å². The molecule has 1 N–H and O–H groups in total. The molecule has 0 aromatic heterocycles. The zero-order valence-corrected chi connectivity index (χ0v) is 14.3. The second-order valence-corrected chi connectivity index (χ2v) is 5.48. The minimum atomic E-state index is -0.327. The molecular weight excluding hydrogens is 322 g/mol. The summed E-state index contributed by atoms with van der Waals surface area (Å²) >= 11 is 5.85. The molecule has 24 heavy (non-hydrogen) atoms. The Morgan fingerprint density at radius 1 is 1.04 bits per heavy atom. The predicted molar refractivity (Wildman–Crippen MR) is 101 cm³/mol. The van der Waals surface area contributed by atoms with Crippen LogP contribution in [0.2, 0.25) is 5.02 Å². The van der Waals surface area contributed by atoms with Crippen LogP contribution in [-0.2, 0) is 9.53 Å². The zero-order chi connectivity index (χ0) is 17.2. The van der Waals surface area contributed by atoms with Gasteiger partial charge in [0.15, 0.2) is 0 Å². The first kappa shape index (κ1) is 17.8. The summed E-state index contributed by atoms with van der Waals surface area (Å²) in [4.78, 5) is 11.3. The van der Waals surface area contributed by atoms with E-state index in [4.69, 9.17) is 16.3 Å². The first-order chi connectivity index (χ1) is 11.7. The van der Waals surface area contributed by atoms with Crippen molar-refractivity contribution in [1.29, 1.82) is 0 Å². The van der Waals surface area contributed by atoms with Crippen LogP contribution in [0, 0.1) is 0 Å². The second kappa shape index (κ2) is 9.58. The summed E-state index contributed by atoms with van der Waals surface area (Å²) in [5.74, 6) is -0.327. The number of carbonyl (C=O) groups is 1. The lowest BCUT2D eigenvalue weighted by atomic mass is 10.2. The number of anilines is 1.